The Morgan fingerprint density at radius 2 is 1.94 bits per heavy atom. The maximum absolute atomic E-state index is 11.1. The van der Waals surface area contributed by atoms with E-state index in [1.807, 2.05) is 6.08 Å². The summed E-state index contributed by atoms with van der Waals surface area (Å²) in [5.41, 5.74) is 1.64. The molecule has 0 radical (unpaired) electrons. The van der Waals surface area contributed by atoms with Gasteiger partial charge >= 0.3 is 0 Å². The molecule has 0 aliphatic rings. The van der Waals surface area contributed by atoms with Gasteiger partial charge in [0.05, 0.1) is 0 Å². The molecule has 0 saturated heterocycles. The molecule has 0 N–H and O–H groups in total. The van der Waals surface area contributed by atoms with Gasteiger partial charge in [-0.2, -0.15) is 0 Å². The summed E-state index contributed by atoms with van der Waals surface area (Å²) in [7, 11) is 0. The Morgan fingerprint density at radius 1 is 1.29 bits per heavy atom. The standard InChI is InChI=1S/C15H16O2/c1-4-6-13(5-2)11-17-15-9-7-14(8-10-15)12(3)16/h4-10H,1-2,11H2,3H3/b13-6+. The van der Waals surface area contributed by atoms with E-state index < -0.39 is 0 Å². The van der Waals surface area contributed by atoms with Gasteiger partial charge in [0.1, 0.15) is 12.4 Å². The molecule has 88 valence electrons. The van der Waals surface area contributed by atoms with E-state index in [0.29, 0.717) is 12.2 Å². The van der Waals surface area contributed by atoms with E-state index in [0.717, 1.165) is 11.3 Å². The second-order valence-corrected chi connectivity index (χ2v) is 3.55. The highest BCUT2D eigenvalue weighted by Crippen LogP contribution is 2.13. The van der Waals surface area contributed by atoms with Crippen LogP contribution in [0.15, 0.2) is 61.2 Å². The van der Waals surface area contributed by atoms with Gasteiger partial charge < -0.3 is 4.74 Å². The molecule has 0 aliphatic carbocycles. The largest absolute Gasteiger partial charge is 0.489 e. The van der Waals surface area contributed by atoms with Gasteiger partial charge in [-0.25, -0.2) is 0 Å². The van der Waals surface area contributed by atoms with E-state index in [4.69, 9.17) is 4.74 Å². The lowest BCUT2D eigenvalue weighted by atomic mass is 10.1. The van der Waals surface area contributed by atoms with Crippen LogP contribution in [0.4, 0.5) is 0 Å². The van der Waals surface area contributed by atoms with Crippen LogP contribution in [0.2, 0.25) is 0 Å². The molecular formula is C15H16O2. The average Bonchev–Trinajstić information content (AvgIpc) is 2.35. The van der Waals surface area contributed by atoms with Gasteiger partial charge in [-0.3, -0.25) is 4.79 Å². The van der Waals surface area contributed by atoms with Crippen molar-refractivity contribution in [3.05, 3.63) is 66.8 Å². The summed E-state index contributed by atoms with van der Waals surface area (Å²) in [6.45, 7) is 9.29. The number of carbonyl (C=O) groups excluding carboxylic acids is 1. The Bertz CT molecular complexity index is 438. The van der Waals surface area contributed by atoms with E-state index >= 15 is 0 Å². The molecule has 0 saturated carbocycles. The van der Waals surface area contributed by atoms with Crippen molar-refractivity contribution in [2.24, 2.45) is 0 Å². The molecule has 1 aromatic rings. The highest BCUT2D eigenvalue weighted by molar-refractivity contribution is 5.94. The number of Topliss-reactive ketones (excluding diaryl/α,β-unsaturated/α-hetero) is 1. The number of carbonyl (C=O) groups is 1. The molecule has 1 aromatic carbocycles. The SMILES string of the molecule is C=C/C=C(\C=C)COc1ccc(C(C)=O)cc1. The van der Waals surface area contributed by atoms with Crippen molar-refractivity contribution in [1.82, 2.24) is 0 Å². The van der Waals surface area contributed by atoms with E-state index in [1.165, 1.54) is 0 Å². The van der Waals surface area contributed by atoms with Crippen LogP contribution >= 0.6 is 0 Å². The van der Waals surface area contributed by atoms with Crippen LogP contribution in [0.3, 0.4) is 0 Å². The summed E-state index contributed by atoms with van der Waals surface area (Å²) < 4.78 is 5.55. The number of hydrogen-bond donors (Lipinski definition) is 0. The highest BCUT2D eigenvalue weighted by atomic mass is 16.5. The molecule has 1 rings (SSSR count). The number of ketones is 1. The number of hydrogen-bond acceptors (Lipinski definition) is 2. The number of benzene rings is 1. The van der Waals surface area contributed by atoms with Gasteiger partial charge in [0, 0.05) is 5.56 Å². The molecule has 0 aliphatic heterocycles. The zero-order chi connectivity index (χ0) is 12.7. The number of allylic oxidation sites excluding steroid dienone is 2. The van der Waals surface area contributed by atoms with Crippen molar-refractivity contribution in [2.75, 3.05) is 6.61 Å². The Labute approximate surface area is 102 Å². The Hall–Kier alpha value is -2.09. The minimum Gasteiger partial charge on any atom is -0.489 e. The summed E-state index contributed by atoms with van der Waals surface area (Å²) in [6, 6.07) is 7.07. The molecule has 0 amide bonds. The molecule has 0 aromatic heterocycles. The lowest BCUT2D eigenvalue weighted by Crippen LogP contribution is -1.99. The lowest BCUT2D eigenvalue weighted by molar-refractivity contribution is 0.101. The molecule has 17 heavy (non-hydrogen) atoms. The summed E-state index contributed by atoms with van der Waals surface area (Å²) in [6.07, 6.45) is 5.27. The molecule has 0 atom stereocenters. The fourth-order valence-corrected chi connectivity index (χ4v) is 1.28. The Balaban J connectivity index is 2.64. The number of ether oxygens (including phenoxy) is 1. The smallest absolute Gasteiger partial charge is 0.159 e. The van der Waals surface area contributed by atoms with Crippen molar-refractivity contribution in [3.63, 3.8) is 0 Å². The van der Waals surface area contributed by atoms with Gasteiger partial charge in [0.25, 0.3) is 0 Å². The number of rotatable bonds is 6. The van der Waals surface area contributed by atoms with E-state index in [1.54, 1.807) is 43.3 Å². The predicted octanol–water partition coefficient (Wildman–Crippen LogP) is 3.57. The summed E-state index contributed by atoms with van der Waals surface area (Å²) in [5, 5.41) is 0. The van der Waals surface area contributed by atoms with Crippen LogP contribution in [0.25, 0.3) is 0 Å². The fraction of sp³-hybridized carbons (Fsp3) is 0.133. The Kier molecular flexibility index (Phi) is 4.95. The van der Waals surface area contributed by atoms with Crippen LogP contribution in [0, 0.1) is 0 Å². The predicted molar refractivity (Wildman–Crippen MR) is 70.4 cm³/mol. The zero-order valence-electron chi connectivity index (χ0n) is 9.98. The second-order valence-electron chi connectivity index (χ2n) is 3.55. The molecule has 0 bridgehead atoms. The first-order valence-corrected chi connectivity index (χ1v) is 5.35. The average molecular weight is 228 g/mol. The summed E-state index contributed by atoms with van der Waals surface area (Å²) in [4.78, 5) is 11.1. The first-order valence-electron chi connectivity index (χ1n) is 5.35. The van der Waals surface area contributed by atoms with Crippen molar-refractivity contribution < 1.29 is 9.53 Å². The summed E-state index contributed by atoms with van der Waals surface area (Å²) >= 11 is 0. The first kappa shape index (κ1) is 13.0. The molecule has 0 heterocycles. The molecular weight excluding hydrogens is 212 g/mol. The molecule has 0 fully saturated rings. The molecule has 0 unspecified atom stereocenters. The van der Waals surface area contributed by atoms with Crippen LogP contribution in [-0.4, -0.2) is 12.4 Å². The van der Waals surface area contributed by atoms with Crippen molar-refractivity contribution in [3.8, 4) is 5.75 Å². The summed E-state index contributed by atoms with van der Waals surface area (Å²) in [5.74, 6) is 0.779. The van der Waals surface area contributed by atoms with E-state index in [-0.39, 0.29) is 5.78 Å². The highest BCUT2D eigenvalue weighted by Gasteiger charge is 1.99. The second kappa shape index (κ2) is 6.48. The Morgan fingerprint density at radius 3 is 2.41 bits per heavy atom. The van der Waals surface area contributed by atoms with E-state index in [2.05, 4.69) is 13.2 Å². The molecule has 0 spiro atoms. The van der Waals surface area contributed by atoms with Crippen LogP contribution < -0.4 is 4.74 Å². The van der Waals surface area contributed by atoms with Crippen LogP contribution in [0.5, 0.6) is 5.75 Å². The molecule has 2 nitrogen and oxygen atoms in total. The normalized spacial score (nSPS) is 10.8. The van der Waals surface area contributed by atoms with Gasteiger partial charge in [-0.1, -0.05) is 31.4 Å². The quantitative estimate of drug-likeness (QED) is 0.549. The van der Waals surface area contributed by atoms with Gasteiger partial charge in [0.15, 0.2) is 5.78 Å². The fourth-order valence-electron chi connectivity index (χ4n) is 1.28. The van der Waals surface area contributed by atoms with Crippen molar-refractivity contribution >= 4 is 5.78 Å². The maximum Gasteiger partial charge on any atom is 0.159 e. The van der Waals surface area contributed by atoms with E-state index in [9.17, 15) is 4.79 Å². The minimum absolute atomic E-state index is 0.0508. The lowest BCUT2D eigenvalue weighted by Gasteiger charge is -2.06. The van der Waals surface area contributed by atoms with Crippen LogP contribution in [-0.2, 0) is 0 Å². The third-order valence-corrected chi connectivity index (χ3v) is 2.26. The third-order valence-electron chi connectivity index (χ3n) is 2.26. The zero-order valence-corrected chi connectivity index (χ0v) is 9.98. The van der Waals surface area contributed by atoms with Gasteiger partial charge in [-0.05, 0) is 36.8 Å². The monoisotopic (exact) mass is 228 g/mol. The topological polar surface area (TPSA) is 26.3 Å². The van der Waals surface area contributed by atoms with Crippen LogP contribution in [0.1, 0.15) is 17.3 Å². The van der Waals surface area contributed by atoms with Crippen molar-refractivity contribution in [2.45, 2.75) is 6.92 Å². The third kappa shape index (κ3) is 4.11. The maximum atomic E-state index is 11.1. The van der Waals surface area contributed by atoms with Crippen molar-refractivity contribution in [1.29, 1.82) is 0 Å². The minimum atomic E-state index is 0.0508. The molecule has 2 heteroatoms. The first-order chi connectivity index (χ1) is 8.17. The van der Waals surface area contributed by atoms with Gasteiger partial charge in [0.2, 0.25) is 0 Å². The van der Waals surface area contributed by atoms with Gasteiger partial charge in [-0.15, -0.1) is 0 Å².